The van der Waals surface area contributed by atoms with Crippen LogP contribution >= 0.6 is 11.6 Å². The minimum Gasteiger partial charge on any atom is -0.323 e. The Morgan fingerprint density at radius 1 is 1.75 bits per heavy atom. The van der Waals surface area contributed by atoms with Crippen LogP contribution in [0.15, 0.2) is 18.3 Å². The van der Waals surface area contributed by atoms with Crippen molar-refractivity contribution in [1.29, 1.82) is 5.26 Å². The molecular weight excluding hydrogens is 174 g/mol. The molecule has 0 aliphatic carbocycles. The molecule has 0 spiro atoms. The average molecular weight is 182 g/mol. The molecule has 0 radical (unpaired) electrons. The molecule has 2 N–H and O–H groups in total. The second-order valence-corrected chi connectivity index (χ2v) is 2.71. The zero-order valence-electron chi connectivity index (χ0n) is 6.37. The molecule has 1 aromatic heterocycles. The van der Waals surface area contributed by atoms with E-state index < -0.39 is 0 Å². The molecular formula is C8H8ClN3. The first-order valence-electron chi connectivity index (χ1n) is 3.48. The van der Waals surface area contributed by atoms with Gasteiger partial charge >= 0.3 is 0 Å². The lowest BCUT2D eigenvalue weighted by Gasteiger charge is -2.07. The molecule has 0 saturated carbocycles. The number of nitriles is 1. The van der Waals surface area contributed by atoms with E-state index in [1.54, 1.807) is 18.3 Å². The lowest BCUT2D eigenvalue weighted by molar-refractivity contribution is 0.744. The van der Waals surface area contributed by atoms with Crippen LogP contribution in [0, 0.1) is 11.3 Å². The molecule has 1 atom stereocenters. The van der Waals surface area contributed by atoms with E-state index in [4.69, 9.17) is 22.6 Å². The summed E-state index contributed by atoms with van der Waals surface area (Å²) in [4.78, 5) is 3.86. The van der Waals surface area contributed by atoms with Gasteiger partial charge in [-0.2, -0.15) is 5.26 Å². The lowest BCUT2D eigenvalue weighted by Crippen LogP contribution is -2.10. The Kier molecular flexibility index (Phi) is 3.03. The van der Waals surface area contributed by atoms with E-state index >= 15 is 0 Å². The van der Waals surface area contributed by atoms with Gasteiger partial charge in [0.05, 0.1) is 12.5 Å². The summed E-state index contributed by atoms with van der Waals surface area (Å²) < 4.78 is 0. The third kappa shape index (κ3) is 1.94. The maximum atomic E-state index is 8.40. The van der Waals surface area contributed by atoms with Crippen molar-refractivity contribution in [2.75, 3.05) is 0 Å². The molecule has 3 nitrogen and oxygen atoms in total. The van der Waals surface area contributed by atoms with E-state index in [9.17, 15) is 0 Å². The summed E-state index contributed by atoms with van der Waals surface area (Å²) in [6.07, 6.45) is 1.84. The summed E-state index contributed by atoms with van der Waals surface area (Å²) in [5.74, 6) is 0. The smallest absolute Gasteiger partial charge is 0.133 e. The topological polar surface area (TPSA) is 62.7 Å². The van der Waals surface area contributed by atoms with Crippen LogP contribution in [0.4, 0.5) is 0 Å². The van der Waals surface area contributed by atoms with Crippen molar-refractivity contribution < 1.29 is 0 Å². The Morgan fingerprint density at radius 3 is 3.08 bits per heavy atom. The van der Waals surface area contributed by atoms with Gasteiger partial charge in [0.15, 0.2) is 0 Å². The Balaban J connectivity index is 2.88. The van der Waals surface area contributed by atoms with Crippen molar-refractivity contribution in [3.8, 4) is 6.07 Å². The second-order valence-electron chi connectivity index (χ2n) is 2.35. The maximum absolute atomic E-state index is 8.40. The molecule has 0 fully saturated rings. The van der Waals surface area contributed by atoms with Gasteiger partial charge in [-0.05, 0) is 6.07 Å². The third-order valence-electron chi connectivity index (χ3n) is 1.50. The molecule has 0 saturated heterocycles. The van der Waals surface area contributed by atoms with Crippen LogP contribution in [0.3, 0.4) is 0 Å². The van der Waals surface area contributed by atoms with Crippen molar-refractivity contribution in [2.45, 2.75) is 12.5 Å². The first-order chi connectivity index (χ1) is 5.75. The Labute approximate surface area is 75.8 Å². The number of rotatable bonds is 2. The van der Waals surface area contributed by atoms with Crippen molar-refractivity contribution in [2.24, 2.45) is 5.73 Å². The first-order valence-corrected chi connectivity index (χ1v) is 3.86. The summed E-state index contributed by atoms with van der Waals surface area (Å²) in [5.41, 5.74) is 6.38. The number of halogens is 1. The summed E-state index contributed by atoms with van der Waals surface area (Å²) >= 11 is 5.75. The molecule has 0 aliphatic heterocycles. The highest BCUT2D eigenvalue weighted by Gasteiger charge is 2.08. The van der Waals surface area contributed by atoms with Crippen LogP contribution in [-0.4, -0.2) is 4.98 Å². The van der Waals surface area contributed by atoms with Crippen LogP contribution < -0.4 is 5.73 Å². The Bertz CT molecular complexity index is 305. The quantitative estimate of drug-likeness (QED) is 0.706. The third-order valence-corrected chi connectivity index (χ3v) is 1.81. The van der Waals surface area contributed by atoms with Gasteiger partial charge in [0.2, 0.25) is 0 Å². The monoisotopic (exact) mass is 181 g/mol. The molecule has 0 bridgehead atoms. The summed E-state index contributed by atoms with van der Waals surface area (Å²) in [6, 6.07) is 5.17. The molecule has 0 aliphatic rings. The van der Waals surface area contributed by atoms with E-state index in [1.165, 1.54) is 0 Å². The van der Waals surface area contributed by atoms with Gasteiger partial charge in [-0.15, -0.1) is 0 Å². The minimum atomic E-state index is -0.337. The van der Waals surface area contributed by atoms with Crippen LogP contribution in [0.5, 0.6) is 0 Å². The minimum absolute atomic E-state index is 0.255. The first kappa shape index (κ1) is 8.98. The predicted octanol–water partition coefficient (Wildman–Crippen LogP) is 1.65. The fraction of sp³-hybridized carbons (Fsp3) is 0.250. The van der Waals surface area contributed by atoms with Crippen LogP contribution in [-0.2, 0) is 0 Å². The standard InChI is InChI=1S/C8H8ClN3/c9-8-6(2-1-5-12-8)7(11)3-4-10/h1-2,5,7H,3,11H2. The number of nitrogens with zero attached hydrogens (tertiary/aromatic N) is 2. The molecule has 0 amide bonds. The van der Waals surface area contributed by atoms with E-state index in [-0.39, 0.29) is 12.5 Å². The van der Waals surface area contributed by atoms with Gasteiger partial charge in [-0.1, -0.05) is 17.7 Å². The van der Waals surface area contributed by atoms with Gasteiger partial charge in [-0.25, -0.2) is 4.98 Å². The number of hydrogen-bond donors (Lipinski definition) is 1. The molecule has 1 rings (SSSR count). The largest absolute Gasteiger partial charge is 0.323 e. The van der Waals surface area contributed by atoms with Crippen LogP contribution in [0.25, 0.3) is 0 Å². The van der Waals surface area contributed by atoms with Gasteiger partial charge in [0.1, 0.15) is 5.15 Å². The zero-order valence-corrected chi connectivity index (χ0v) is 7.12. The zero-order chi connectivity index (χ0) is 8.97. The number of aromatic nitrogens is 1. The Hall–Kier alpha value is -1.11. The lowest BCUT2D eigenvalue weighted by atomic mass is 10.1. The molecule has 12 heavy (non-hydrogen) atoms. The normalized spacial score (nSPS) is 12.1. The molecule has 1 aromatic rings. The fourth-order valence-corrected chi connectivity index (χ4v) is 1.14. The van der Waals surface area contributed by atoms with Crippen molar-refractivity contribution in [3.63, 3.8) is 0 Å². The Morgan fingerprint density at radius 2 is 2.50 bits per heavy atom. The second kappa shape index (κ2) is 4.05. The van der Waals surface area contributed by atoms with Gasteiger partial charge in [-0.3, -0.25) is 0 Å². The highest BCUT2D eigenvalue weighted by atomic mass is 35.5. The molecule has 4 heteroatoms. The van der Waals surface area contributed by atoms with Crippen molar-refractivity contribution in [1.82, 2.24) is 4.98 Å². The number of hydrogen-bond acceptors (Lipinski definition) is 3. The van der Waals surface area contributed by atoms with Crippen molar-refractivity contribution >= 4 is 11.6 Å². The summed E-state index contributed by atoms with van der Waals surface area (Å²) in [5, 5.41) is 8.77. The highest BCUT2D eigenvalue weighted by molar-refractivity contribution is 6.30. The SMILES string of the molecule is N#CCC(N)c1cccnc1Cl. The summed E-state index contributed by atoms with van der Waals surface area (Å²) in [6.45, 7) is 0. The fourth-order valence-electron chi connectivity index (χ4n) is 0.883. The molecule has 62 valence electrons. The van der Waals surface area contributed by atoms with E-state index in [1.807, 2.05) is 6.07 Å². The molecule has 1 heterocycles. The number of pyridine rings is 1. The van der Waals surface area contributed by atoms with Gasteiger partial charge < -0.3 is 5.73 Å². The summed E-state index contributed by atoms with van der Waals surface area (Å²) in [7, 11) is 0. The van der Waals surface area contributed by atoms with Crippen molar-refractivity contribution in [3.05, 3.63) is 29.0 Å². The van der Waals surface area contributed by atoms with E-state index in [0.717, 1.165) is 5.56 Å². The van der Waals surface area contributed by atoms with E-state index in [0.29, 0.717) is 5.15 Å². The molecule has 0 aromatic carbocycles. The van der Waals surface area contributed by atoms with Crippen LogP contribution in [0.2, 0.25) is 5.15 Å². The average Bonchev–Trinajstić information content (AvgIpc) is 2.05. The highest BCUT2D eigenvalue weighted by Crippen LogP contribution is 2.20. The van der Waals surface area contributed by atoms with Gasteiger partial charge in [0, 0.05) is 17.8 Å². The number of nitrogens with two attached hydrogens (primary N) is 1. The maximum Gasteiger partial charge on any atom is 0.133 e. The molecule has 1 unspecified atom stereocenters. The van der Waals surface area contributed by atoms with Gasteiger partial charge in [0.25, 0.3) is 0 Å². The van der Waals surface area contributed by atoms with E-state index in [2.05, 4.69) is 4.98 Å². The predicted molar refractivity (Wildman–Crippen MR) is 46.4 cm³/mol. The van der Waals surface area contributed by atoms with Crippen LogP contribution in [0.1, 0.15) is 18.0 Å².